The first kappa shape index (κ1) is 14.6. The normalized spacial score (nSPS) is 10.8. The van der Waals surface area contributed by atoms with E-state index in [4.69, 9.17) is 11.6 Å². The number of H-pyrrole nitrogens is 1. The molecule has 1 amide bonds. The van der Waals surface area contributed by atoms with E-state index in [2.05, 4.69) is 15.3 Å². The highest BCUT2D eigenvalue weighted by atomic mass is 35.5. The van der Waals surface area contributed by atoms with Crippen LogP contribution in [0.25, 0.3) is 11.0 Å². The van der Waals surface area contributed by atoms with Gasteiger partial charge in [0, 0.05) is 24.4 Å². The van der Waals surface area contributed by atoms with Crippen molar-refractivity contribution in [3.63, 3.8) is 0 Å². The molecule has 0 aliphatic heterocycles. The van der Waals surface area contributed by atoms with Gasteiger partial charge >= 0.3 is 0 Å². The number of para-hydroxylation sites is 2. The summed E-state index contributed by atoms with van der Waals surface area (Å²) in [6.07, 6.45) is 1.01. The maximum absolute atomic E-state index is 11.9. The molecule has 5 heteroatoms. The Kier molecular flexibility index (Phi) is 4.39. The number of carbonyl (C=O) groups excluding carboxylic acids is 1. The van der Waals surface area contributed by atoms with Gasteiger partial charge in [0.1, 0.15) is 5.82 Å². The van der Waals surface area contributed by atoms with Crippen molar-refractivity contribution in [2.45, 2.75) is 19.4 Å². The number of hydrogen-bond acceptors (Lipinski definition) is 2. The van der Waals surface area contributed by atoms with Crippen LogP contribution >= 0.6 is 11.6 Å². The number of hydrogen-bond donors (Lipinski definition) is 2. The largest absolute Gasteiger partial charge is 0.352 e. The van der Waals surface area contributed by atoms with E-state index < -0.39 is 0 Å². The molecule has 2 N–H and O–H groups in total. The van der Waals surface area contributed by atoms with Gasteiger partial charge in [-0.2, -0.15) is 0 Å². The molecule has 0 bridgehead atoms. The number of halogens is 1. The summed E-state index contributed by atoms with van der Waals surface area (Å²) in [7, 11) is 0. The van der Waals surface area contributed by atoms with Gasteiger partial charge in [0.25, 0.3) is 0 Å². The fourth-order valence-electron chi connectivity index (χ4n) is 2.25. The first-order valence-electron chi connectivity index (χ1n) is 7.15. The molecule has 3 aromatic rings. The van der Waals surface area contributed by atoms with E-state index in [1.807, 2.05) is 48.5 Å². The van der Waals surface area contributed by atoms with E-state index in [9.17, 15) is 4.79 Å². The van der Waals surface area contributed by atoms with Crippen LogP contribution in [-0.2, 0) is 17.8 Å². The van der Waals surface area contributed by atoms with Crippen LogP contribution in [0, 0.1) is 0 Å². The number of aromatic nitrogens is 2. The average Bonchev–Trinajstić information content (AvgIpc) is 2.95. The maximum atomic E-state index is 11.9. The Morgan fingerprint density at radius 1 is 1.14 bits per heavy atom. The van der Waals surface area contributed by atoms with Crippen LogP contribution in [0.2, 0.25) is 5.02 Å². The fraction of sp³-hybridized carbons (Fsp3) is 0.176. The van der Waals surface area contributed by atoms with Gasteiger partial charge in [0.15, 0.2) is 0 Å². The van der Waals surface area contributed by atoms with Gasteiger partial charge in [-0.05, 0) is 29.8 Å². The van der Waals surface area contributed by atoms with Crippen molar-refractivity contribution < 1.29 is 4.79 Å². The van der Waals surface area contributed by atoms with E-state index in [-0.39, 0.29) is 5.91 Å². The van der Waals surface area contributed by atoms with Crippen LogP contribution in [0.15, 0.2) is 48.5 Å². The topological polar surface area (TPSA) is 57.8 Å². The van der Waals surface area contributed by atoms with Crippen molar-refractivity contribution in [1.82, 2.24) is 15.3 Å². The molecule has 0 aliphatic rings. The molecule has 1 aromatic heterocycles. The molecular formula is C17H16ClN3O. The second-order valence-electron chi connectivity index (χ2n) is 5.10. The molecule has 0 atom stereocenters. The monoisotopic (exact) mass is 313 g/mol. The number of amides is 1. The molecule has 0 saturated heterocycles. The van der Waals surface area contributed by atoms with Gasteiger partial charge in [-0.3, -0.25) is 4.79 Å². The third-order valence-electron chi connectivity index (χ3n) is 3.43. The van der Waals surface area contributed by atoms with Crippen molar-refractivity contribution in [2.24, 2.45) is 0 Å². The molecule has 22 heavy (non-hydrogen) atoms. The number of nitrogens with zero attached hydrogens (tertiary/aromatic N) is 1. The van der Waals surface area contributed by atoms with Crippen LogP contribution in [0.5, 0.6) is 0 Å². The lowest BCUT2D eigenvalue weighted by molar-refractivity contribution is -0.121. The van der Waals surface area contributed by atoms with Crippen LogP contribution in [0.3, 0.4) is 0 Å². The van der Waals surface area contributed by atoms with E-state index in [1.54, 1.807) is 0 Å². The van der Waals surface area contributed by atoms with Crippen molar-refractivity contribution >= 4 is 28.5 Å². The zero-order valence-corrected chi connectivity index (χ0v) is 12.7. The number of benzene rings is 2. The van der Waals surface area contributed by atoms with E-state index in [1.165, 1.54) is 0 Å². The molecule has 0 unspecified atom stereocenters. The van der Waals surface area contributed by atoms with Crippen molar-refractivity contribution in [3.05, 3.63) is 64.9 Å². The maximum Gasteiger partial charge on any atom is 0.220 e. The Hall–Kier alpha value is -2.33. The van der Waals surface area contributed by atoms with Gasteiger partial charge in [-0.1, -0.05) is 35.9 Å². The second-order valence-corrected chi connectivity index (χ2v) is 5.54. The standard InChI is InChI=1S/C17H16ClN3O/c18-13-7-5-12(6-8-13)11-19-17(22)10-9-16-20-14-3-1-2-4-15(14)21-16/h1-8H,9-11H2,(H,19,22)(H,20,21). The number of fused-ring (bicyclic) bond motifs is 1. The Balaban J connectivity index is 1.50. The number of nitrogens with one attached hydrogen (secondary N) is 2. The molecule has 2 aromatic carbocycles. The van der Waals surface area contributed by atoms with Crippen LogP contribution < -0.4 is 5.32 Å². The smallest absolute Gasteiger partial charge is 0.220 e. The molecule has 0 fully saturated rings. The van der Waals surface area contributed by atoms with Gasteiger partial charge in [-0.15, -0.1) is 0 Å². The van der Waals surface area contributed by atoms with Crippen molar-refractivity contribution in [3.8, 4) is 0 Å². The highest BCUT2D eigenvalue weighted by Gasteiger charge is 2.06. The number of imidazole rings is 1. The van der Waals surface area contributed by atoms with Crippen molar-refractivity contribution in [1.29, 1.82) is 0 Å². The highest BCUT2D eigenvalue weighted by Crippen LogP contribution is 2.12. The molecule has 1 heterocycles. The zero-order chi connectivity index (χ0) is 15.4. The Morgan fingerprint density at radius 2 is 1.91 bits per heavy atom. The fourth-order valence-corrected chi connectivity index (χ4v) is 2.37. The number of carbonyl (C=O) groups is 1. The van der Waals surface area contributed by atoms with Gasteiger partial charge in [0.2, 0.25) is 5.91 Å². The quantitative estimate of drug-likeness (QED) is 0.758. The summed E-state index contributed by atoms with van der Waals surface area (Å²) in [5.74, 6) is 0.846. The predicted molar refractivity (Wildman–Crippen MR) is 87.7 cm³/mol. The molecule has 3 rings (SSSR count). The molecule has 4 nitrogen and oxygen atoms in total. The number of rotatable bonds is 5. The Labute approximate surface area is 133 Å². The SMILES string of the molecule is O=C(CCc1nc2ccccc2[nH]1)NCc1ccc(Cl)cc1. The first-order chi connectivity index (χ1) is 10.7. The van der Waals surface area contributed by atoms with Crippen LogP contribution in [0.4, 0.5) is 0 Å². The van der Waals surface area contributed by atoms with Crippen LogP contribution in [-0.4, -0.2) is 15.9 Å². The van der Waals surface area contributed by atoms with Gasteiger partial charge in [-0.25, -0.2) is 4.98 Å². The minimum Gasteiger partial charge on any atom is -0.352 e. The molecule has 0 spiro atoms. The van der Waals surface area contributed by atoms with E-state index in [0.717, 1.165) is 22.4 Å². The average molecular weight is 314 g/mol. The molecular weight excluding hydrogens is 298 g/mol. The summed E-state index contributed by atoms with van der Waals surface area (Å²) in [4.78, 5) is 19.6. The summed E-state index contributed by atoms with van der Waals surface area (Å²) in [5, 5.41) is 3.59. The summed E-state index contributed by atoms with van der Waals surface area (Å²) in [5.41, 5.74) is 2.96. The molecule has 0 saturated carbocycles. The summed E-state index contributed by atoms with van der Waals surface area (Å²) in [6, 6.07) is 15.3. The third kappa shape index (κ3) is 3.65. The first-order valence-corrected chi connectivity index (χ1v) is 7.53. The summed E-state index contributed by atoms with van der Waals surface area (Å²) in [6.45, 7) is 0.510. The lowest BCUT2D eigenvalue weighted by Crippen LogP contribution is -2.23. The molecule has 0 aliphatic carbocycles. The highest BCUT2D eigenvalue weighted by molar-refractivity contribution is 6.30. The predicted octanol–water partition coefficient (Wildman–Crippen LogP) is 3.47. The lowest BCUT2D eigenvalue weighted by atomic mass is 10.2. The van der Waals surface area contributed by atoms with Crippen LogP contribution in [0.1, 0.15) is 17.8 Å². The number of aryl methyl sites for hydroxylation is 1. The minimum absolute atomic E-state index is 0.00964. The second kappa shape index (κ2) is 6.62. The Morgan fingerprint density at radius 3 is 2.68 bits per heavy atom. The van der Waals surface area contributed by atoms with E-state index >= 15 is 0 Å². The van der Waals surface area contributed by atoms with E-state index in [0.29, 0.717) is 24.4 Å². The number of aromatic amines is 1. The minimum atomic E-state index is 0.00964. The lowest BCUT2D eigenvalue weighted by Gasteiger charge is -2.04. The molecule has 112 valence electrons. The Bertz CT molecular complexity index is 747. The van der Waals surface area contributed by atoms with Gasteiger partial charge < -0.3 is 10.3 Å². The van der Waals surface area contributed by atoms with Gasteiger partial charge in [0.05, 0.1) is 11.0 Å². The summed E-state index contributed by atoms with van der Waals surface area (Å²) >= 11 is 5.83. The zero-order valence-electron chi connectivity index (χ0n) is 12.0. The van der Waals surface area contributed by atoms with Crippen molar-refractivity contribution in [2.75, 3.05) is 0 Å². The third-order valence-corrected chi connectivity index (χ3v) is 3.68. The summed E-state index contributed by atoms with van der Waals surface area (Å²) < 4.78 is 0. The molecule has 0 radical (unpaired) electrons.